The molecule has 0 aromatic heterocycles. The third-order valence-electron chi connectivity index (χ3n) is 2.65. The van der Waals surface area contributed by atoms with Crippen LogP contribution >= 0.6 is 15.9 Å². The summed E-state index contributed by atoms with van der Waals surface area (Å²) in [7, 11) is 1.47. The first kappa shape index (κ1) is 14.9. The smallest absolute Gasteiger partial charge is 0.339 e. The minimum atomic E-state index is -1.10. The summed E-state index contributed by atoms with van der Waals surface area (Å²) in [6.45, 7) is 0. The first-order chi connectivity index (χ1) is 10.0. The zero-order valence-electron chi connectivity index (χ0n) is 11.0. The van der Waals surface area contributed by atoms with Gasteiger partial charge in [-0.05, 0) is 30.3 Å². The van der Waals surface area contributed by atoms with E-state index in [1.54, 1.807) is 24.3 Å². The Kier molecular flexibility index (Phi) is 4.45. The van der Waals surface area contributed by atoms with Gasteiger partial charge in [-0.1, -0.05) is 15.9 Å². The minimum Gasteiger partial charge on any atom is -0.497 e. The first-order valence-corrected chi connectivity index (χ1v) is 6.62. The van der Waals surface area contributed by atoms with E-state index in [1.807, 2.05) is 6.07 Å². The van der Waals surface area contributed by atoms with Crippen molar-refractivity contribution in [3.63, 3.8) is 0 Å². The van der Waals surface area contributed by atoms with Crippen LogP contribution in [0.3, 0.4) is 0 Å². The highest BCUT2D eigenvalue weighted by Crippen LogP contribution is 2.31. The Hall–Kier alpha value is -2.52. The quantitative estimate of drug-likeness (QED) is 0.909. The number of carbonyl (C=O) groups is 1. The van der Waals surface area contributed by atoms with Crippen LogP contribution < -0.4 is 9.47 Å². The third kappa shape index (κ3) is 3.52. The van der Waals surface area contributed by atoms with Crippen LogP contribution in [0.25, 0.3) is 0 Å². The Balaban J connectivity index is 2.45. The van der Waals surface area contributed by atoms with Gasteiger partial charge in [0, 0.05) is 10.5 Å². The van der Waals surface area contributed by atoms with Gasteiger partial charge in [-0.2, -0.15) is 5.26 Å². The van der Waals surface area contributed by atoms with Crippen LogP contribution in [0.1, 0.15) is 15.9 Å². The molecular formula is C15H10BrNO4. The van der Waals surface area contributed by atoms with Gasteiger partial charge in [-0.25, -0.2) is 4.79 Å². The fourth-order valence-electron chi connectivity index (χ4n) is 1.70. The van der Waals surface area contributed by atoms with Crippen molar-refractivity contribution in [1.29, 1.82) is 5.26 Å². The van der Waals surface area contributed by atoms with Gasteiger partial charge in [-0.15, -0.1) is 0 Å². The molecule has 21 heavy (non-hydrogen) atoms. The van der Waals surface area contributed by atoms with E-state index in [0.29, 0.717) is 21.5 Å². The molecule has 106 valence electrons. The number of ether oxygens (including phenoxy) is 2. The predicted octanol–water partition coefficient (Wildman–Crippen LogP) is 3.82. The van der Waals surface area contributed by atoms with Crippen LogP contribution in [0.2, 0.25) is 0 Å². The first-order valence-electron chi connectivity index (χ1n) is 5.83. The average Bonchev–Trinajstić information content (AvgIpc) is 2.46. The summed E-state index contributed by atoms with van der Waals surface area (Å²) in [6.07, 6.45) is 0. The highest BCUT2D eigenvalue weighted by Gasteiger charge is 2.13. The van der Waals surface area contributed by atoms with Crippen molar-refractivity contribution in [3.8, 4) is 23.3 Å². The van der Waals surface area contributed by atoms with E-state index in [-0.39, 0.29) is 11.3 Å². The molecule has 0 aliphatic heterocycles. The monoisotopic (exact) mass is 347 g/mol. The molecule has 0 spiro atoms. The molecule has 6 heteroatoms. The van der Waals surface area contributed by atoms with Crippen molar-refractivity contribution in [3.05, 3.63) is 52.0 Å². The third-order valence-corrected chi connectivity index (χ3v) is 3.14. The van der Waals surface area contributed by atoms with Crippen molar-refractivity contribution >= 4 is 21.9 Å². The highest BCUT2D eigenvalue weighted by molar-refractivity contribution is 9.10. The second-order valence-electron chi connectivity index (χ2n) is 4.06. The van der Waals surface area contributed by atoms with Crippen LogP contribution in [-0.4, -0.2) is 18.2 Å². The molecule has 0 aliphatic rings. The number of hydrogen-bond donors (Lipinski definition) is 1. The summed E-state index contributed by atoms with van der Waals surface area (Å²) < 4.78 is 11.4. The summed E-state index contributed by atoms with van der Waals surface area (Å²) in [5.41, 5.74) is 0.385. The van der Waals surface area contributed by atoms with Crippen molar-refractivity contribution in [2.75, 3.05) is 7.11 Å². The molecule has 0 fully saturated rings. The zero-order chi connectivity index (χ0) is 15.4. The second kappa shape index (κ2) is 6.29. The Labute approximate surface area is 129 Å². The molecule has 0 unspecified atom stereocenters. The van der Waals surface area contributed by atoms with Gasteiger partial charge < -0.3 is 14.6 Å². The summed E-state index contributed by atoms with van der Waals surface area (Å²) in [5.74, 6) is -0.141. The maximum Gasteiger partial charge on any atom is 0.339 e. The molecule has 0 radical (unpaired) electrons. The number of benzene rings is 2. The van der Waals surface area contributed by atoms with Crippen LogP contribution in [-0.2, 0) is 0 Å². The number of nitriles is 1. The molecule has 5 nitrogen and oxygen atoms in total. The lowest BCUT2D eigenvalue weighted by Gasteiger charge is -2.11. The Morgan fingerprint density at radius 3 is 2.57 bits per heavy atom. The molecule has 0 atom stereocenters. The number of hydrogen-bond acceptors (Lipinski definition) is 4. The number of carboxylic acid groups (broad SMARTS) is 1. The normalized spacial score (nSPS) is 9.76. The number of methoxy groups -OCH3 is 1. The topological polar surface area (TPSA) is 79.5 Å². The Morgan fingerprint density at radius 1 is 1.24 bits per heavy atom. The summed E-state index contributed by atoms with van der Waals surface area (Å²) in [5, 5.41) is 18.1. The van der Waals surface area contributed by atoms with Gasteiger partial charge in [0.1, 0.15) is 22.8 Å². The number of rotatable bonds is 4. The molecule has 2 aromatic carbocycles. The molecule has 2 aromatic rings. The predicted molar refractivity (Wildman–Crippen MR) is 78.9 cm³/mol. The lowest BCUT2D eigenvalue weighted by molar-refractivity contribution is 0.0694. The van der Waals surface area contributed by atoms with E-state index in [1.165, 1.54) is 19.2 Å². The van der Waals surface area contributed by atoms with Crippen molar-refractivity contribution < 1.29 is 19.4 Å². The summed E-state index contributed by atoms with van der Waals surface area (Å²) >= 11 is 3.27. The molecule has 1 N–H and O–H groups in total. The van der Waals surface area contributed by atoms with Gasteiger partial charge in [-0.3, -0.25) is 0 Å². The summed E-state index contributed by atoms with van der Waals surface area (Å²) in [6, 6.07) is 11.2. The van der Waals surface area contributed by atoms with E-state index in [9.17, 15) is 4.79 Å². The molecular weight excluding hydrogens is 338 g/mol. The second-order valence-corrected chi connectivity index (χ2v) is 4.97. The van der Waals surface area contributed by atoms with Gasteiger partial charge >= 0.3 is 5.97 Å². The Bertz CT molecular complexity index is 737. The SMILES string of the molecule is COc1cc(C#N)cc(Oc2cc(Br)ccc2C(=O)O)c1. The van der Waals surface area contributed by atoms with Crippen LogP contribution in [0.5, 0.6) is 17.2 Å². The molecule has 0 heterocycles. The van der Waals surface area contributed by atoms with Crippen LogP contribution in [0.15, 0.2) is 40.9 Å². The van der Waals surface area contributed by atoms with E-state index in [2.05, 4.69) is 15.9 Å². The number of carboxylic acids is 1. The molecule has 0 saturated heterocycles. The van der Waals surface area contributed by atoms with Crippen LogP contribution in [0.4, 0.5) is 0 Å². The minimum absolute atomic E-state index is 0.0273. The van der Waals surface area contributed by atoms with Crippen molar-refractivity contribution in [2.45, 2.75) is 0 Å². The lowest BCUT2D eigenvalue weighted by Crippen LogP contribution is -2.00. The molecule has 0 aliphatic carbocycles. The fourth-order valence-corrected chi connectivity index (χ4v) is 2.04. The van der Waals surface area contributed by atoms with E-state index in [0.717, 1.165) is 0 Å². The van der Waals surface area contributed by atoms with E-state index >= 15 is 0 Å². The van der Waals surface area contributed by atoms with E-state index < -0.39 is 5.97 Å². The molecule has 0 amide bonds. The molecule has 2 rings (SSSR count). The van der Waals surface area contributed by atoms with E-state index in [4.69, 9.17) is 19.8 Å². The lowest BCUT2D eigenvalue weighted by atomic mass is 10.2. The molecule has 0 bridgehead atoms. The largest absolute Gasteiger partial charge is 0.497 e. The maximum atomic E-state index is 11.2. The Morgan fingerprint density at radius 2 is 1.95 bits per heavy atom. The van der Waals surface area contributed by atoms with Gasteiger partial charge in [0.25, 0.3) is 0 Å². The zero-order valence-corrected chi connectivity index (χ0v) is 12.5. The average molecular weight is 348 g/mol. The summed E-state index contributed by atoms with van der Waals surface area (Å²) in [4.78, 5) is 11.2. The van der Waals surface area contributed by atoms with Gasteiger partial charge in [0.2, 0.25) is 0 Å². The van der Waals surface area contributed by atoms with Gasteiger partial charge in [0.15, 0.2) is 0 Å². The van der Waals surface area contributed by atoms with Crippen LogP contribution in [0, 0.1) is 11.3 Å². The van der Waals surface area contributed by atoms with Crippen molar-refractivity contribution in [1.82, 2.24) is 0 Å². The molecule has 0 saturated carbocycles. The highest BCUT2D eigenvalue weighted by atomic mass is 79.9. The maximum absolute atomic E-state index is 11.2. The van der Waals surface area contributed by atoms with Crippen molar-refractivity contribution in [2.24, 2.45) is 0 Å². The standard InChI is InChI=1S/C15H10BrNO4/c1-20-11-4-9(8-17)5-12(7-11)21-14-6-10(16)2-3-13(14)15(18)19/h2-7H,1H3,(H,18,19). The van der Waals surface area contributed by atoms with Gasteiger partial charge in [0.05, 0.1) is 18.7 Å². The fraction of sp³-hybridized carbons (Fsp3) is 0.0667. The number of nitrogens with zero attached hydrogens (tertiary/aromatic N) is 1. The number of halogens is 1. The number of aromatic carboxylic acids is 1.